The maximum atomic E-state index is 9.70. The smallest absolute Gasteiger partial charge is 0.305 e. The molecule has 2 N–H and O–H groups in total. The first-order valence-corrected chi connectivity index (χ1v) is 4.62. The van der Waals surface area contributed by atoms with Gasteiger partial charge in [0.1, 0.15) is 6.23 Å². The molecule has 13 heavy (non-hydrogen) atoms. The monoisotopic (exact) mass is 189 g/mol. The highest BCUT2D eigenvalue weighted by Crippen LogP contribution is 1.93. The normalized spacial score (nSPS) is 22.0. The van der Waals surface area contributed by atoms with Crippen LogP contribution in [-0.4, -0.2) is 30.5 Å². The van der Waals surface area contributed by atoms with Gasteiger partial charge in [-0.15, -0.1) is 0 Å². The van der Waals surface area contributed by atoms with Crippen LogP contribution in [0.1, 0.15) is 27.2 Å². The summed E-state index contributed by atoms with van der Waals surface area (Å²) in [7, 11) is 0. The van der Waals surface area contributed by atoms with Crippen molar-refractivity contribution < 1.29 is 14.6 Å². The molecule has 0 aliphatic carbocycles. The van der Waals surface area contributed by atoms with Crippen LogP contribution in [0.2, 0.25) is 0 Å². The maximum absolute atomic E-state index is 9.70. The van der Waals surface area contributed by atoms with Gasteiger partial charge in [-0.1, -0.05) is 13.8 Å². The minimum Gasteiger partial charge on any atom is -0.481 e. The molecule has 1 heterocycles. The quantitative estimate of drug-likeness (QED) is 0.647. The molecule has 0 aromatic rings. The molecule has 0 radical (unpaired) electrons. The summed E-state index contributed by atoms with van der Waals surface area (Å²) in [4.78, 5) is 9.70. The van der Waals surface area contributed by atoms with Gasteiger partial charge >= 0.3 is 5.97 Å². The number of rotatable bonds is 1. The third-order valence-corrected chi connectivity index (χ3v) is 1.61. The molecule has 0 bridgehead atoms. The van der Waals surface area contributed by atoms with E-state index in [1.54, 1.807) is 13.8 Å². The Kier molecular flexibility index (Phi) is 6.54. The van der Waals surface area contributed by atoms with E-state index in [1.807, 2.05) is 6.92 Å². The van der Waals surface area contributed by atoms with Crippen molar-refractivity contribution in [3.05, 3.63) is 0 Å². The molecule has 1 rings (SSSR count). The number of hydrogen-bond donors (Lipinski definition) is 2. The second kappa shape index (κ2) is 6.86. The van der Waals surface area contributed by atoms with Crippen molar-refractivity contribution >= 4 is 5.97 Å². The second-order valence-electron chi connectivity index (χ2n) is 3.31. The van der Waals surface area contributed by atoms with Crippen LogP contribution in [0.25, 0.3) is 0 Å². The summed E-state index contributed by atoms with van der Waals surface area (Å²) in [5.74, 6) is -0.972. The largest absolute Gasteiger partial charge is 0.481 e. The highest BCUT2D eigenvalue weighted by atomic mass is 16.5. The number of nitrogens with one attached hydrogen (secondary N) is 1. The number of hydrogen-bond acceptors (Lipinski definition) is 3. The average molecular weight is 189 g/mol. The van der Waals surface area contributed by atoms with Crippen LogP contribution >= 0.6 is 0 Å². The standard InChI is InChI=1S/C5H11NO.C4H8O2/c1-5-6-3-2-4-7-5;1-3(2)4(5)6/h5-6H,2-4H2,1H3;3H,1-2H3,(H,5,6). The number of aliphatic carboxylic acids is 1. The predicted molar refractivity (Wildman–Crippen MR) is 50.5 cm³/mol. The zero-order valence-electron chi connectivity index (χ0n) is 8.54. The van der Waals surface area contributed by atoms with E-state index in [1.165, 1.54) is 0 Å². The number of ether oxygens (including phenoxy) is 1. The van der Waals surface area contributed by atoms with E-state index < -0.39 is 5.97 Å². The molecule has 0 aromatic heterocycles. The van der Waals surface area contributed by atoms with Crippen molar-refractivity contribution in [1.29, 1.82) is 0 Å². The van der Waals surface area contributed by atoms with E-state index in [4.69, 9.17) is 9.84 Å². The molecule has 1 aliphatic heterocycles. The molecule has 1 fully saturated rings. The van der Waals surface area contributed by atoms with Crippen molar-refractivity contribution in [2.24, 2.45) is 5.92 Å². The number of carboxylic acid groups (broad SMARTS) is 1. The van der Waals surface area contributed by atoms with E-state index in [0.717, 1.165) is 19.6 Å². The lowest BCUT2D eigenvalue weighted by atomic mass is 10.2. The third kappa shape index (κ3) is 7.74. The lowest BCUT2D eigenvalue weighted by molar-refractivity contribution is -0.140. The summed E-state index contributed by atoms with van der Waals surface area (Å²) >= 11 is 0. The Morgan fingerprint density at radius 2 is 2.15 bits per heavy atom. The van der Waals surface area contributed by atoms with Gasteiger partial charge in [-0.3, -0.25) is 10.1 Å². The van der Waals surface area contributed by atoms with Gasteiger partial charge in [-0.05, 0) is 19.9 Å². The van der Waals surface area contributed by atoms with Gasteiger partial charge < -0.3 is 9.84 Å². The van der Waals surface area contributed by atoms with E-state index >= 15 is 0 Å². The topological polar surface area (TPSA) is 58.6 Å². The summed E-state index contributed by atoms with van der Waals surface area (Å²) in [5.41, 5.74) is 0. The molecule has 1 aliphatic rings. The second-order valence-corrected chi connectivity index (χ2v) is 3.31. The van der Waals surface area contributed by atoms with E-state index in [0.29, 0.717) is 0 Å². The Morgan fingerprint density at radius 1 is 1.62 bits per heavy atom. The lowest BCUT2D eigenvalue weighted by Crippen LogP contribution is -2.35. The first-order chi connectivity index (χ1) is 6.04. The van der Waals surface area contributed by atoms with Gasteiger partial charge in [0.15, 0.2) is 0 Å². The molecule has 4 heteroatoms. The van der Waals surface area contributed by atoms with Crippen molar-refractivity contribution in [1.82, 2.24) is 5.32 Å². The summed E-state index contributed by atoms with van der Waals surface area (Å²) in [6.45, 7) is 7.35. The van der Waals surface area contributed by atoms with Gasteiger partial charge in [0.05, 0.1) is 5.92 Å². The highest BCUT2D eigenvalue weighted by Gasteiger charge is 2.04. The first kappa shape index (κ1) is 12.4. The third-order valence-electron chi connectivity index (χ3n) is 1.61. The van der Waals surface area contributed by atoms with Crippen molar-refractivity contribution in [3.8, 4) is 0 Å². The Bertz CT molecular complexity index is 142. The predicted octanol–water partition coefficient (Wildman–Crippen LogP) is 1.07. The molecular weight excluding hydrogens is 170 g/mol. The molecule has 1 atom stereocenters. The molecule has 4 nitrogen and oxygen atoms in total. The Hall–Kier alpha value is -0.610. The first-order valence-electron chi connectivity index (χ1n) is 4.62. The Balaban J connectivity index is 0.000000226. The van der Waals surface area contributed by atoms with Crippen molar-refractivity contribution in [2.45, 2.75) is 33.4 Å². The zero-order valence-corrected chi connectivity index (χ0v) is 8.54. The fraction of sp³-hybridized carbons (Fsp3) is 0.889. The van der Waals surface area contributed by atoms with Gasteiger partial charge in [0.25, 0.3) is 0 Å². The maximum Gasteiger partial charge on any atom is 0.305 e. The molecule has 0 saturated carbocycles. The fourth-order valence-corrected chi connectivity index (χ4v) is 0.697. The Morgan fingerprint density at radius 3 is 2.31 bits per heavy atom. The highest BCUT2D eigenvalue weighted by molar-refractivity contribution is 5.68. The molecular formula is C9H19NO3. The van der Waals surface area contributed by atoms with Gasteiger partial charge in [0, 0.05) is 6.61 Å². The molecule has 78 valence electrons. The number of carbonyl (C=O) groups is 1. The van der Waals surface area contributed by atoms with Crippen LogP contribution in [0.3, 0.4) is 0 Å². The van der Waals surface area contributed by atoms with Crippen LogP contribution in [0, 0.1) is 5.92 Å². The fourth-order valence-electron chi connectivity index (χ4n) is 0.697. The minimum absolute atomic E-state index is 0.231. The molecule has 0 aromatic carbocycles. The van der Waals surface area contributed by atoms with Crippen LogP contribution in [0.5, 0.6) is 0 Å². The molecule has 0 spiro atoms. The molecule has 1 saturated heterocycles. The van der Waals surface area contributed by atoms with E-state index in [9.17, 15) is 4.79 Å². The van der Waals surface area contributed by atoms with Crippen LogP contribution < -0.4 is 5.32 Å². The number of carboxylic acids is 1. The van der Waals surface area contributed by atoms with Crippen LogP contribution in [0.15, 0.2) is 0 Å². The SMILES string of the molecule is CC(C)C(=O)O.CC1NCCCO1. The van der Waals surface area contributed by atoms with Crippen LogP contribution in [-0.2, 0) is 9.53 Å². The van der Waals surface area contributed by atoms with E-state index in [-0.39, 0.29) is 12.1 Å². The zero-order chi connectivity index (χ0) is 10.3. The summed E-state index contributed by atoms with van der Waals surface area (Å²) in [6.07, 6.45) is 1.44. The summed E-state index contributed by atoms with van der Waals surface area (Å²) in [5, 5.41) is 11.2. The summed E-state index contributed by atoms with van der Waals surface area (Å²) in [6, 6.07) is 0. The van der Waals surface area contributed by atoms with Gasteiger partial charge in [-0.2, -0.15) is 0 Å². The minimum atomic E-state index is -0.741. The van der Waals surface area contributed by atoms with Crippen molar-refractivity contribution in [2.75, 3.05) is 13.2 Å². The van der Waals surface area contributed by atoms with Gasteiger partial charge in [-0.25, -0.2) is 0 Å². The van der Waals surface area contributed by atoms with E-state index in [2.05, 4.69) is 5.32 Å². The summed E-state index contributed by atoms with van der Waals surface area (Å²) < 4.78 is 5.17. The molecule has 0 amide bonds. The van der Waals surface area contributed by atoms with Gasteiger partial charge in [0.2, 0.25) is 0 Å². The molecule has 1 unspecified atom stereocenters. The Labute approximate surface area is 79.3 Å². The van der Waals surface area contributed by atoms with Crippen molar-refractivity contribution in [3.63, 3.8) is 0 Å². The van der Waals surface area contributed by atoms with Crippen LogP contribution in [0.4, 0.5) is 0 Å². The lowest BCUT2D eigenvalue weighted by Gasteiger charge is -2.19. The average Bonchev–Trinajstić information content (AvgIpc) is 2.06.